The Hall–Kier alpha value is -3.21. The lowest BCUT2D eigenvalue weighted by atomic mass is 9.53. The van der Waals surface area contributed by atoms with Crippen molar-refractivity contribution in [2.75, 3.05) is 11.4 Å². The minimum atomic E-state index is -4.77. The fourth-order valence-electron chi connectivity index (χ4n) is 7.10. The molecule has 8 nitrogen and oxygen atoms in total. The number of amides is 1. The maximum Gasteiger partial charge on any atom is 0.417 e. The van der Waals surface area contributed by atoms with Crippen LogP contribution in [0.4, 0.5) is 18.9 Å². The molecule has 0 atom stereocenters. The first kappa shape index (κ1) is 26.7. The van der Waals surface area contributed by atoms with E-state index in [0.29, 0.717) is 35.4 Å². The van der Waals surface area contributed by atoms with Crippen LogP contribution < -0.4 is 4.90 Å². The molecular formula is C30H33F3N4O4. The van der Waals surface area contributed by atoms with Crippen LogP contribution in [0.2, 0.25) is 0 Å². The molecule has 2 aromatic heterocycles. The standard InChI is InChI=1S/C30H33F3N4O4/c1-18-16-34-26(40-18)28-10-7-27(8-11-28,9-12-28)17-37(25(38)21-14-29(39,15-21)30(31,32)33)22-4-2-3-20(13-22)24-35-23(36-41-24)19-5-6-19/h2-4,13,16,19,21,39H,5-12,14-15,17H2,1H3. The van der Waals surface area contributed by atoms with Gasteiger partial charge in [0, 0.05) is 35.0 Å². The van der Waals surface area contributed by atoms with E-state index in [1.54, 1.807) is 29.3 Å². The zero-order valence-electron chi connectivity index (χ0n) is 22.9. The number of oxazole rings is 1. The van der Waals surface area contributed by atoms with E-state index in [4.69, 9.17) is 8.94 Å². The minimum Gasteiger partial charge on any atom is -0.445 e. The van der Waals surface area contributed by atoms with Crippen LogP contribution in [0.5, 0.6) is 0 Å². The maximum atomic E-state index is 13.9. The summed E-state index contributed by atoms with van der Waals surface area (Å²) in [5.74, 6) is 1.63. The van der Waals surface area contributed by atoms with Gasteiger partial charge in [-0.25, -0.2) is 4.98 Å². The van der Waals surface area contributed by atoms with Crippen molar-refractivity contribution in [3.05, 3.63) is 47.9 Å². The molecule has 5 saturated carbocycles. The van der Waals surface area contributed by atoms with Gasteiger partial charge in [-0.2, -0.15) is 18.2 Å². The van der Waals surface area contributed by atoms with E-state index in [9.17, 15) is 23.1 Å². The Labute approximate surface area is 235 Å². The normalized spacial score (nSPS) is 31.2. The number of rotatable bonds is 7. The molecule has 1 aromatic carbocycles. The molecule has 3 aromatic rings. The molecule has 0 unspecified atom stereocenters. The number of hydrogen-bond donors (Lipinski definition) is 1. The number of anilines is 1. The van der Waals surface area contributed by atoms with E-state index in [-0.39, 0.29) is 16.7 Å². The molecule has 41 heavy (non-hydrogen) atoms. The molecule has 0 saturated heterocycles. The lowest BCUT2D eigenvalue weighted by molar-refractivity contribution is -0.295. The lowest BCUT2D eigenvalue weighted by Gasteiger charge is -2.54. The molecular weight excluding hydrogens is 537 g/mol. The van der Waals surface area contributed by atoms with Gasteiger partial charge in [-0.1, -0.05) is 11.2 Å². The van der Waals surface area contributed by atoms with Gasteiger partial charge in [0.2, 0.25) is 11.8 Å². The Morgan fingerprint density at radius 2 is 1.83 bits per heavy atom. The molecule has 11 heteroatoms. The van der Waals surface area contributed by atoms with Gasteiger partial charge in [0.1, 0.15) is 5.76 Å². The van der Waals surface area contributed by atoms with Crippen molar-refractivity contribution in [2.45, 2.75) is 94.2 Å². The lowest BCUT2D eigenvalue weighted by Crippen LogP contribution is -2.60. The molecule has 1 N–H and O–H groups in total. The molecule has 0 spiro atoms. The summed E-state index contributed by atoms with van der Waals surface area (Å²) in [5, 5.41) is 14.2. The smallest absolute Gasteiger partial charge is 0.417 e. The van der Waals surface area contributed by atoms with Crippen LogP contribution >= 0.6 is 0 Å². The van der Waals surface area contributed by atoms with E-state index in [0.717, 1.165) is 63.0 Å². The number of carbonyl (C=O) groups is 1. The van der Waals surface area contributed by atoms with Gasteiger partial charge in [0.15, 0.2) is 11.4 Å². The van der Waals surface area contributed by atoms with Gasteiger partial charge in [0.05, 0.1) is 6.20 Å². The van der Waals surface area contributed by atoms with Crippen LogP contribution in [0.3, 0.4) is 0 Å². The second-order valence-corrected chi connectivity index (χ2v) is 12.9. The molecule has 5 fully saturated rings. The van der Waals surface area contributed by atoms with Crippen molar-refractivity contribution in [2.24, 2.45) is 11.3 Å². The Balaban J connectivity index is 1.16. The molecule has 218 valence electrons. The molecule has 5 aliphatic carbocycles. The van der Waals surface area contributed by atoms with Crippen molar-refractivity contribution in [3.63, 3.8) is 0 Å². The second-order valence-electron chi connectivity index (χ2n) is 12.9. The van der Waals surface area contributed by atoms with Crippen LogP contribution in [-0.4, -0.2) is 44.5 Å². The average molecular weight is 571 g/mol. The monoisotopic (exact) mass is 570 g/mol. The summed E-state index contributed by atoms with van der Waals surface area (Å²) in [7, 11) is 0. The number of nitrogens with zero attached hydrogens (tertiary/aromatic N) is 4. The number of aliphatic hydroxyl groups is 1. The first-order chi connectivity index (χ1) is 19.5. The highest BCUT2D eigenvalue weighted by molar-refractivity contribution is 5.96. The minimum absolute atomic E-state index is 0.0981. The van der Waals surface area contributed by atoms with Gasteiger partial charge in [-0.15, -0.1) is 0 Å². The van der Waals surface area contributed by atoms with E-state index >= 15 is 0 Å². The number of aryl methyl sites for hydroxylation is 1. The summed E-state index contributed by atoms with van der Waals surface area (Å²) in [4.78, 5) is 24.6. The number of alkyl halides is 3. The highest BCUT2D eigenvalue weighted by Crippen LogP contribution is 2.58. The Morgan fingerprint density at radius 3 is 2.44 bits per heavy atom. The third-order valence-electron chi connectivity index (χ3n) is 10.1. The Kier molecular flexibility index (Phi) is 5.95. The van der Waals surface area contributed by atoms with E-state index in [1.165, 1.54) is 0 Å². The fourth-order valence-corrected chi connectivity index (χ4v) is 7.10. The number of carbonyl (C=O) groups excluding carboxylic acids is 1. The largest absolute Gasteiger partial charge is 0.445 e. The van der Waals surface area contributed by atoms with E-state index < -0.39 is 30.5 Å². The topological polar surface area (TPSA) is 105 Å². The highest BCUT2D eigenvalue weighted by Gasteiger charge is 2.63. The third kappa shape index (κ3) is 4.56. The predicted molar refractivity (Wildman–Crippen MR) is 141 cm³/mol. The zero-order chi connectivity index (χ0) is 28.6. The second kappa shape index (κ2) is 9.14. The van der Waals surface area contributed by atoms with Crippen LogP contribution in [0.1, 0.15) is 87.6 Å². The predicted octanol–water partition coefficient (Wildman–Crippen LogP) is 6.24. The quantitative estimate of drug-likeness (QED) is 0.359. The van der Waals surface area contributed by atoms with Crippen molar-refractivity contribution < 1.29 is 32.0 Å². The number of benzene rings is 1. The summed E-state index contributed by atoms with van der Waals surface area (Å²) in [5.41, 5.74) is -1.84. The van der Waals surface area contributed by atoms with Crippen molar-refractivity contribution in [1.29, 1.82) is 0 Å². The van der Waals surface area contributed by atoms with Gasteiger partial charge in [0.25, 0.3) is 5.89 Å². The molecule has 1 amide bonds. The first-order valence-corrected chi connectivity index (χ1v) is 14.5. The maximum absolute atomic E-state index is 13.9. The number of halogens is 3. The SMILES string of the molecule is Cc1cnc(C23CCC(CN(C(=O)C4CC(O)(C(F)(F)F)C4)c4cccc(-c5nc(C6CC6)no5)c4)(CC2)CC3)o1. The number of hydrogen-bond acceptors (Lipinski definition) is 7. The van der Waals surface area contributed by atoms with Crippen LogP contribution in [0.25, 0.3) is 11.5 Å². The first-order valence-electron chi connectivity index (χ1n) is 14.5. The van der Waals surface area contributed by atoms with Crippen molar-refractivity contribution in [1.82, 2.24) is 15.1 Å². The van der Waals surface area contributed by atoms with E-state index in [2.05, 4.69) is 15.1 Å². The van der Waals surface area contributed by atoms with E-state index in [1.807, 2.05) is 13.0 Å². The van der Waals surface area contributed by atoms with Crippen molar-refractivity contribution >= 4 is 11.6 Å². The summed E-state index contributed by atoms with van der Waals surface area (Å²) >= 11 is 0. The van der Waals surface area contributed by atoms with Crippen LogP contribution in [-0.2, 0) is 10.2 Å². The molecule has 8 rings (SSSR count). The van der Waals surface area contributed by atoms with Gasteiger partial charge in [-0.3, -0.25) is 4.79 Å². The Bertz CT molecular complexity index is 1450. The highest BCUT2D eigenvalue weighted by atomic mass is 19.4. The average Bonchev–Trinajstić information content (AvgIpc) is 3.50. The van der Waals surface area contributed by atoms with Gasteiger partial charge in [-0.05, 0) is 94.7 Å². The summed E-state index contributed by atoms with van der Waals surface area (Å²) < 4.78 is 51.7. The zero-order valence-corrected chi connectivity index (χ0v) is 22.9. The molecule has 2 heterocycles. The molecule has 0 aliphatic heterocycles. The van der Waals surface area contributed by atoms with Crippen molar-refractivity contribution in [3.8, 4) is 11.5 Å². The Morgan fingerprint density at radius 1 is 1.12 bits per heavy atom. The van der Waals surface area contributed by atoms with Gasteiger partial charge >= 0.3 is 6.18 Å². The van der Waals surface area contributed by atoms with Crippen LogP contribution in [0, 0.1) is 18.3 Å². The third-order valence-corrected chi connectivity index (χ3v) is 10.1. The number of fused-ring (bicyclic) bond motifs is 3. The van der Waals surface area contributed by atoms with Gasteiger partial charge < -0.3 is 18.9 Å². The molecule has 5 aliphatic rings. The fraction of sp³-hybridized carbons (Fsp3) is 0.600. The molecule has 0 radical (unpaired) electrons. The summed E-state index contributed by atoms with van der Waals surface area (Å²) in [6, 6.07) is 7.23. The number of aromatic nitrogens is 3. The molecule has 2 bridgehead atoms. The summed E-state index contributed by atoms with van der Waals surface area (Å²) in [6.07, 6.45) is 3.06. The summed E-state index contributed by atoms with van der Waals surface area (Å²) in [6.45, 7) is 2.29. The van der Waals surface area contributed by atoms with Crippen LogP contribution in [0.15, 0.2) is 39.4 Å².